The Morgan fingerprint density at radius 2 is 1.95 bits per heavy atom. The van der Waals surface area contributed by atoms with Gasteiger partial charge in [0.1, 0.15) is 5.75 Å². The maximum Gasteiger partial charge on any atom is 0.234 e. The lowest BCUT2D eigenvalue weighted by Gasteiger charge is -2.18. The molecule has 0 spiro atoms. The van der Waals surface area contributed by atoms with Gasteiger partial charge in [-0.15, -0.1) is 0 Å². The molecule has 1 amide bonds. The largest absolute Gasteiger partial charge is 0.490 e. The number of rotatable bonds is 7. The molecule has 116 valence electrons. The van der Waals surface area contributed by atoms with Gasteiger partial charge in [0.05, 0.1) is 18.7 Å². The summed E-state index contributed by atoms with van der Waals surface area (Å²) in [6.07, 6.45) is 6.14. The molecule has 0 radical (unpaired) electrons. The van der Waals surface area contributed by atoms with E-state index in [-0.39, 0.29) is 11.9 Å². The maximum atomic E-state index is 11.7. The molecule has 2 N–H and O–H groups in total. The highest BCUT2D eigenvalue weighted by Gasteiger charge is 2.17. The molecule has 1 atom stereocenters. The molecule has 1 aromatic carbocycles. The Kier molecular flexibility index (Phi) is 6.05. The predicted molar refractivity (Wildman–Crippen MR) is 84.4 cm³/mol. The standard InChI is InChI=1S/C17H26N2O2/c1-3-16(19-17(20)12-18-2)13-8-10-15(11-9-13)21-14-6-4-5-7-14/h8-11,14,16,18H,3-7,12H2,1-2H3,(H,19,20)/t16-/m1/s1. The summed E-state index contributed by atoms with van der Waals surface area (Å²) in [5, 5.41) is 5.90. The fraction of sp³-hybridized carbons (Fsp3) is 0.588. The Hall–Kier alpha value is -1.55. The molecule has 1 aliphatic rings. The molecule has 1 saturated carbocycles. The van der Waals surface area contributed by atoms with Crippen LogP contribution in [-0.2, 0) is 4.79 Å². The summed E-state index contributed by atoms with van der Waals surface area (Å²) in [6.45, 7) is 2.42. The van der Waals surface area contributed by atoms with E-state index >= 15 is 0 Å². The van der Waals surface area contributed by atoms with Crippen LogP contribution in [-0.4, -0.2) is 25.6 Å². The van der Waals surface area contributed by atoms with Gasteiger partial charge in [-0.1, -0.05) is 19.1 Å². The monoisotopic (exact) mass is 290 g/mol. The molecule has 0 unspecified atom stereocenters. The van der Waals surface area contributed by atoms with Gasteiger partial charge in [0.25, 0.3) is 0 Å². The Balaban J connectivity index is 1.93. The zero-order valence-corrected chi connectivity index (χ0v) is 13.0. The SMILES string of the molecule is CC[C@@H](NC(=O)CNC)c1ccc(OC2CCCC2)cc1. The third-order valence-corrected chi connectivity index (χ3v) is 3.97. The van der Waals surface area contributed by atoms with Crippen molar-refractivity contribution in [1.82, 2.24) is 10.6 Å². The molecular weight excluding hydrogens is 264 g/mol. The third kappa shape index (κ3) is 4.74. The lowest BCUT2D eigenvalue weighted by atomic mass is 10.0. The zero-order valence-electron chi connectivity index (χ0n) is 13.0. The van der Waals surface area contributed by atoms with Crippen molar-refractivity contribution in [3.63, 3.8) is 0 Å². The highest BCUT2D eigenvalue weighted by atomic mass is 16.5. The van der Waals surface area contributed by atoms with E-state index in [0.29, 0.717) is 12.6 Å². The molecule has 2 rings (SSSR count). The molecule has 1 fully saturated rings. The fourth-order valence-corrected chi connectivity index (χ4v) is 2.80. The summed E-state index contributed by atoms with van der Waals surface area (Å²) in [7, 11) is 1.77. The number of benzene rings is 1. The molecule has 21 heavy (non-hydrogen) atoms. The number of hydrogen-bond acceptors (Lipinski definition) is 3. The zero-order chi connectivity index (χ0) is 15.1. The van der Waals surface area contributed by atoms with Crippen LogP contribution in [0.15, 0.2) is 24.3 Å². The third-order valence-electron chi connectivity index (χ3n) is 3.97. The molecule has 0 aliphatic heterocycles. The minimum atomic E-state index is 0.0237. The lowest BCUT2D eigenvalue weighted by molar-refractivity contribution is -0.120. The van der Waals surface area contributed by atoms with Crippen LogP contribution in [0.25, 0.3) is 0 Å². The van der Waals surface area contributed by atoms with Crippen LogP contribution in [0.4, 0.5) is 0 Å². The number of carbonyl (C=O) groups is 1. The van der Waals surface area contributed by atoms with Gasteiger partial charge in [0, 0.05) is 0 Å². The smallest absolute Gasteiger partial charge is 0.234 e. The van der Waals surface area contributed by atoms with Crippen LogP contribution in [0.5, 0.6) is 5.75 Å². The molecule has 4 nitrogen and oxygen atoms in total. The first-order chi connectivity index (χ1) is 10.2. The van der Waals surface area contributed by atoms with Gasteiger partial charge in [0.2, 0.25) is 5.91 Å². The lowest BCUT2D eigenvalue weighted by Crippen LogP contribution is -2.34. The minimum absolute atomic E-state index is 0.0237. The Labute approximate surface area is 127 Å². The van der Waals surface area contributed by atoms with Crippen molar-refractivity contribution in [2.24, 2.45) is 0 Å². The van der Waals surface area contributed by atoms with Crippen LogP contribution >= 0.6 is 0 Å². The van der Waals surface area contributed by atoms with Gasteiger partial charge in [-0.2, -0.15) is 0 Å². The Morgan fingerprint density at radius 1 is 1.29 bits per heavy atom. The van der Waals surface area contributed by atoms with Gasteiger partial charge in [-0.3, -0.25) is 4.79 Å². The summed E-state index contributed by atoms with van der Waals surface area (Å²) < 4.78 is 5.97. The summed E-state index contributed by atoms with van der Waals surface area (Å²) in [5.74, 6) is 0.956. The number of amides is 1. The van der Waals surface area contributed by atoms with E-state index < -0.39 is 0 Å². The van der Waals surface area contributed by atoms with E-state index in [1.807, 2.05) is 12.1 Å². The van der Waals surface area contributed by atoms with Crippen molar-refractivity contribution in [1.29, 1.82) is 0 Å². The van der Waals surface area contributed by atoms with E-state index in [9.17, 15) is 4.79 Å². The van der Waals surface area contributed by atoms with Gasteiger partial charge in [-0.25, -0.2) is 0 Å². The van der Waals surface area contributed by atoms with Crippen molar-refractivity contribution in [3.8, 4) is 5.75 Å². The van der Waals surface area contributed by atoms with Gasteiger partial charge in [0.15, 0.2) is 0 Å². The fourth-order valence-electron chi connectivity index (χ4n) is 2.80. The van der Waals surface area contributed by atoms with Gasteiger partial charge in [-0.05, 0) is 56.8 Å². The molecule has 1 aromatic rings. The molecule has 4 heteroatoms. The Morgan fingerprint density at radius 3 is 2.52 bits per heavy atom. The van der Waals surface area contributed by atoms with E-state index in [2.05, 4.69) is 29.7 Å². The summed E-state index contributed by atoms with van der Waals surface area (Å²) >= 11 is 0. The van der Waals surface area contributed by atoms with Crippen molar-refractivity contribution in [2.45, 2.75) is 51.2 Å². The second kappa shape index (κ2) is 8.03. The quantitative estimate of drug-likeness (QED) is 0.812. The van der Waals surface area contributed by atoms with E-state index in [4.69, 9.17) is 4.74 Å². The molecule has 0 aromatic heterocycles. The van der Waals surface area contributed by atoms with Crippen LogP contribution in [0.3, 0.4) is 0 Å². The van der Waals surface area contributed by atoms with Crippen molar-refractivity contribution in [3.05, 3.63) is 29.8 Å². The second-order valence-corrected chi connectivity index (χ2v) is 5.65. The van der Waals surface area contributed by atoms with Crippen molar-refractivity contribution in [2.75, 3.05) is 13.6 Å². The highest BCUT2D eigenvalue weighted by Crippen LogP contribution is 2.25. The average molecular weight is 290 g/mol. The number of hydrogen-bond donors (Lipinski definition) is 2. The first kappa shape index (κ1) is 15.8. The predicted octanol–water partition coefficient (Wildman–Crippen LogP) is 2.79. The number of carbonyl (C=O) groups excluding carboxylic acids is 1. The van der Waals surface area contributed by atoms with E-state index in [0.717, 1.165) is 17.7 Å². The number of ether oxygens (including phenoxy) is 1. The first-order valence-electron chi connectivity index (χ1n) is 7.93. The average Bonchev–Trinajstić information content (AvgIpc) is 2.99. The topological polar surface area (TPSA) is 50.4 Å². The summed E-state index contributed by atoms with van der Waals surface area (Å²) in [5.41, 5.74) is 1.13. The molecule has 0 saturated heterocycles. The van der Waals surface area contributed by atoms with Crippen LogP contribution in [0.2, 0.25) is 0 Å². The normalized spacial score (nSPS) is 16.7. The maximum absolute atomic E-state index is 11.7. The van der Waals surface area contributed by atoms with Crippen LogP contribution in [0.1, 0.15) is 50.6 Å². The van der Waals surface area contributed by atoms with E-state index in [1.54, 1.807) is 7.05 Å². The molecule has 1 aliphatic carbocycles. The van der Waals surface area contributed by atoms with E-state index in [1.165, 1.54) is 25.7 Å². The van der Waals surface area contributed by atoms with Crippen molar-refractivity contribution >= 4 is 5.91 Å². The Bertz CT molecular complexity index is 439. The number of nitrogens with one attached hydrogen (secondary N) is 2. The summed E-state index contributed by atoms with van der Waals surface area (Å²) in [4.78, 5) is 11.7. The van der Waals surface area contributed by atoms with Crippen LogP contribution < -0.4 is 15.4 Å². The highest BCUT2D eigenvalue weighted by molar-refractivity contribution is 5.78. The van der Waals surface area contributed by atoms with Gasteiger partial charge >= 0.3 is 0 Å². The van der Waals surface area contributed by atoms with Gasteiger partial charge < -0.3 is 15.4 Å². The molecular formula is C17H26N2O2. The number of likely N-dealkylation sites (N-methyl/N-ethyl adjacent to an activating group) is 1. The minimum Gasteiger partial charge on any atom is -0.490 e. The summed E-state index contributed by atoms with van der Waals surface area (Å²) in [6, 6.07) is 8.20. The molecule has 0 heterocycles. The first-order valence-corrected chi connectivity index (χ1v) is 7.93. The van der Waals surface area contributed by atoms with Crippen LogP contribution in [0, 0.1) is 0 Å². The molecule has 0 bridgehead atoms. The van der Waals surface area contributed by atoms with Crippen molar-refractivity contribution < 1.29 is 9.53 Å². The second-order valence-electron chi connectivity index (χ2n) is 5.65.